The summed E-state index contributed by atoms with van der Waals surface area (Å²) in [4.78, 5) is 12.2. The highest BCUT2D eigenvalue weighted by Gasteiger charge is 2.16. The van der Waals surface area contributed by atoms with Crippen molar-refractivity contribution in [3.63, 3.8) is 0 Å². The number of aryl methyl sites for hydroxylation is 1. The number of thiophene rings is 1. The van der Waals surface area contributed by atoms with E-state index in [1.165, 1.54) is 11.3 Å². The summed E-state index contributed by atoms with van der Waals surface area (Å²) in [5.74, 6) is -0.374. The zero-order chi connectivity index (χ0) is 12.3. The highest BCUT2D eigenvalue weighted by molar-refractivity contribution is 7.14. The number of carbonyl (C=O) groups is 1. The molecule has 0 bridgehead atoms. The Morgan fingerprint density at radius 3 is 3.12 bits per heavy atom. The van der Waals surface area contributed by atoms with Crippen LogP contribution in [0.3, 0.4) is 0 Å². The Balaban J connectivity index is 1.83. The summed E-state index contributed by atoms with van der Waals surface area (Å²) in [5.41, 5.74) is 0.978. The summed E-state index contributed by atoms with van der Waals surface area (Å²) in [6.45, 7) is 4.72. The molecule has 0 radical (unpaired) electrons. The van der Waals surface area contributed by atoms with E-state index in [1.54, 1.807) is 6.07 Å². The lowest BCUT2D eigenvalue weighted by Gasteiger charge is -2.08. The monoisotopic (exact) mass is 256 g/mol. The van der Waals surface area contributed by atoms with Gasteiger partial charge in [0, 0.05) is 17.4 Å². The van der Waals surface area contributed by atoms with Gasteiger partial charge in [-0.05, 0) is 25.0 Å². The zero-order valence-corrected chi connectivity index (χ0v) is 10.6. The standard InChI is InChI=1S/C12H16O4S/c1-8-10(4-11(17-8)12(13)14)7-16-6-9-2-3-15-5-9/h4,9H,2-3,5-7H2,1H3,(H,13,14). The molecule has 0 amide bonds. The van der Waals surface area contributed by atoms with Gasteiger partial charge in [-0.2, -0.15) is 0 Å². The van der Waals surface area contributed by atoms with Crippen molar-refractivity contribution in [2.24, 2.45) is 5.92 Å². The molecular weight excluding hydrogens is 240 g/mol. The molecule has 1 N–H and O–H groups in total. The largest absolute Gasteiger partial charge is 0.477 e. The van der Waals surface area contributed by atoms with Crippen molar-refractivity contribution in [1.29, 1.82) is 0 Å². The van der Waals surface area contributed by atoms with Gasteiger partial charge in [0.05, 0.1) is 19.8 Å². The number of carboxylic acids is 1. The van der Waals surface area contributed by atoms with Crippen LogP contribution >= 0.6 is 11.3 Å². The molecule has 2 rings (SSSR count). The van der Waals surface area contributed by atoms with Gasteiger partial charge in [0.25, 0.3) is 0 Å². The first-order valence-electron chi connectivity index (χ1n) is 5.65. The smallest absolute Gasteiger partial charge is 0.345 e. The molecule has 5 heteroatoms. The SMILES string of the molecule is Cc1sc(C(=O)O)cc1COCC1CCOC1. The molecule has 1 atom stereocenters. The third kappa shape index (κ3) is 3.28. The van der Waals surface area contributed by atoms with Gasteiger partial charge in [0.2, 0.25) is 0 Å². The van der Waals surface area contributed by atoms with Crippen molar-refractivity contribution in [2.75, 3.05) is 19.8 Å². The van der Waals surface area contributed by atoms with Crippen LogP contribution < -0.4 is 0 Å². The van der Waals surface area contributed by atoms with Crippen LogP contribution in [0, 0.1) is 12.8 Å². The Labute approximate surface area is 104 Å². The van der Waals surface area contributed by atoms with Gasteiger partial charge in [0.1, 0.15) is 4.88 Å². The van der Waals surface area contributed by atoms with E-state index in [1.807, 2.05) is 6.92 Å². The molecule has 0 spiro atoms. The van der Waals surface area contributed by atoms with E-state index in [9.17, 15) is 4.79 Å². The Kier molecular flexibility index (Phi) is 4.15. The van der Waals surface area contributed by atoms with E-state index in [-0.39, 0.29) is 0 Å². The fourth-order valence-electron chi connectivity index (χ4n) is 1.82. The maximum absolute atomic E-state index is 10.8. The molecule has 1 fully saturated rings. The maximum atomic E-state index is 10.8. The molecular formula is C12H16O4S. The van der Waals surface area contributed by atoms with Gasteiger partial charge in [-0.1, -0.05) is 0 Å². The highest BCUT2D eigenvalue weighted by Crippen LogP contribution is 2.23. The first kappa shape index (κ1) is 12.5. The van der Waals surface area contributed by atoms with Crippen molar-refractivity contribution < 1.29 is 19.4 Å². The van der Waals surface area contributed by atoms with E-state index in [0.717, 1.165) is 30.1 Å². The quantitative estimate of drug-likeness (QED) is 0.878. The number of rotatable bonds is 5. The lowest BCUT2D eigenvalue weighted by atomic mass is 10.1. The maximum Gasteiger partial charge on any atom is 0.345 e. The number of hydrogen-bond donors (Lipinski definition) is 1. The fourth-order valence-corrected chi connectivity index (χ4v) is 2.69. The molecule has 1 unspecified atom stereocenters. The van der Waals surface area contributed by atoms with Crippen molar-refractivity contribution in [2.45, 2.75) is 20.0 Å². The predicted molar refractivity (Wildman–Crippen MR) is 64.6 cm³/mol. The topological polar surface area (TPSA) is 55.8 Å². The third-order valence-corrected chi connectivity index (χ3v) is 3.95. The molecule has 1 saturated heterocycles. The fraction of sp³-hybridized carbons (Fsp3) is 0.583. The normalized spacial score (nSPS) is 19.7. The average molecular weight is 256 g/mol. The number of carboxylic acid groups (broad SMARTS) is 1. The van der Waals surface area contributed by atoms with Gasteiger partial charge in [-0.25, -0.2) is 4.79 Å². The molecule has 17 heavy (non-hydrogen) atoms. The van der Waals surface area contributed by atoms with Gasteiger partial charge in [0.15, 0.2) is 0 Å². The number of ether oxygens (including phenoxy) is 2. The van der Waals surface area contributed by atoms with E-state index >= 15 is 0 Å². The van der Waals surface area contributed by atoms with E-state index in [4.69, 9.17) is 14.6 Å². The lowest BCUT2D eigenvalue weighted by Crippen LogP contribution is -2.09. The van der Waals surface area contributed by atoms with Gasteiger partial charge in [-0.15, -0.1) is 11.3 Å². The minimum Gasteiger partial charge on any atom is -0.477 e. The summed E-state index contributed by atoms with van der Waals surface area (Å²) >= 11 is 1.30. The minimum atomic E-state index is -0.867. The minimum absolute atomic E-state index is 0.380. The van der Waals surface area contributed by atoms with Crippen molar-refractivity contribution >= 4 is 17.3 Å². The average Bonchev–Trinajstić information content (AvgIpc) is 2.89. The first-order valence-corrected chi connectivity index (χ1v) is 6.46. The second-order valence-corrected chi connectivity index (χ2v) is 5.50. The lowest BCUT2D eigenvalue weighted by molar-refractivity contribution is 0.0701. The van der Waals surface area contributed by atoms with Gasteiger partial charge >= 0.3 is 5.97 Å². The van der Waals surface area contributed by atoms with Crippen LogP contribution in [0.1, 0.15) is 26.5 Å². The van der Waals surface area contributed by atoms with Crippen molar-refractivity contribution in [1.82, 2.24) is 0 Å². The summed E-state index contributed by atoms with van der Waals surface area (Å²) in [6.07, 6.45) is 1.06. The molecule has 1 aromatic rings. The summed E-state index contributed by atoms with van der Waals surface area (Å²) in [7, 11) is 0. The van der Waals surface area contributed by atoms with Crippen molar-refractivity contribution in [3.8, 4) is 0 Å². The summed E-state index contributed by atoms with van der Waals surface area (Å²) in [5, 5.41) is 8.87. The molecule has 0 aromatic carbocycles. The second-order valence-electron chi connectivity index (χ2n) is 4.24. The molecule has 4 nitrogen and oxygen atoms in total. The second kappa shape index (κ2) is 5.62. The predicted octanol–water partition coefficient (Wildman–Crippen LogP) is 2.31. The molecule has 0 saturated carbocycles. The van der Waals surface area contributed by atoms with Crippen LogP contribution in [0.2, 0.25) is 0 Å². The Hall–Kier alpha value is -0.910. The van der Waals surface area contributed by atoms with E-state index in [0.29, 0.717) is 24.0 Å². The Bertz CT molecular complexity index is 393. The Morgan fingerprint density at radius 2 is 2.53 bits per heavy atom. The summed E-state index contributed by atoms with van der Waals surface area (Å²) < 4.78 is 10.9. The van der Waals surface area contributed by atoms with Crippen LogP contribution in [0.25, 0.3) is 0 Å². The van der Waals surface area contributed by atoms with Crippen LogP contribution in [-0.4, -0.2) is 30.9 Å². The highest BCUT2D eigenvalue weighted by atomic mass is 32.1. The number of hydrogen-bond acceptors (Lipinski definition) is 4. The molecule has 94 valence electrons. The van der Waals surface area contributed by atoms with E-state index < -0.39 is 5.97 Å². The van der Waals surface area contributed by atoms with E-state index in [2.05, 4.69) is 0 Å². The van der Waals surface area contributed by atoms with Crippen LogP contribution in [0.4, 0.5) is 0 Å². The van der Waals surface area contributed by atoms with Crippen LogP contribution in [-0.2, 0) is 16.1 Å². The number of aromatic carboxylic acids is 1. The Morgan fingerprint density at radius 1 is 1.71 bits per heavy atom. The van der Waals surface area contributed by atoms with Crippen LogP contribution in [0.15, 0.2) is 6.07 Å². The molecule has 1 aliphatic rings. The zero-order valence-electron chi connectivity index (χ0n) is 9.77. The molecule has 0 aliphatic carbocycles. The molecule has 1 aromatic heterocycles. The van der Waals surface area contributed by atoms with Gasteiger partial charge < -0.3 is 14.6 Å². The van der Waals surface area contributed by atoms with Crippen LogP contribution in [0.5, 0.6) is 0 Å². The van der Waals surface area contributed by atoms with Crippen molar-refractivity contribution in [3.05, 3.63) is 21.4 Å². The molecule has 1 aliphatic heterocycles. The summed E-state index contributed by atoms with van der Waals surface area (Å²) in [6, 6.07) is 1.70. The molecule has 2 heterocycles. The third-order valence-electron chi connectivity index (χ3n) is 2.87. The van der Waals surface area contributed by atoms with Gasteiger partial charge in [-0.3, -0.25) is 0 Å². The first-order chi connectivity index (χ1) is 8.16.